The third-order valence-electron chi connectivity index (χ3n) is 7.91. The molecule has 11 nitrogen and oxygen atoms in total. The number of carbonyl (C=O) groups is 3. The minimum atomic E-state index is -0.487. The standard InChI is InChI=1S/C29H42N6O5/c1-18-15-35(20(3)17-36)28(38)22-12-9-13-23(31-27(37)24-14-19(2)32-34(24)5)26(22)40-25(18)16-33(4)29(39)30-21-10-7-6-8-11-21/h9,12-14,18,20-21,25,36H,6-8,10-11,15-17H2,1-5H3,(H,30,39)(H,31,37)/t18-,20+,25-/m0/s1. The molecule has 0 spiro atoms. The van der Waals surface area contributed by atoms with E-state index in [1.807, 2.05) is 6.92 Å². The number of aryl methyl sites for hydroxylation is 2. The van der Waals surface area contributed by atoms with Crippen molar-refractivity contribution >= 4 is 23.5 Å². The van der Waals surface area contributed by atoms with E-state index in [0.717, 1.165) is 25.7 Å². The van der Waals surface area contributed by atoms with Crippen molar-refractivity contribution in [3.8, 4) is 5.75 Å². The molecule has 3 N–H and O–H groups in total. The quantitative estimate of drug-likeness (QED) is 0.482. The third kappa shape index (κ3) is 6.57. The van der Waals surface area contributed by atoms with Gasteiger partial charge in [0, 0.05) is 32.6 Å². The number of carbonyl (C=O) groups excluding carboxylic acids is 3. The molecule has 218 valence electrons. The summed E-state index contributed by atoms with van der Waals surface area (Å²) in [5.41, 5.74) is 1.71. The van der Waals surface area contributed by atoms with Crippen LogP contribution in [-0.2, 0) is 7.05 Å². The Morgan fingerprint density at radius 1 is 1.25 bits per heavy atom. The van der Waals surface area contributed by atoms with E-state index in [0.29, 0.717) is 23.6 Å². The molecule has 1 fully saturated rings. The Kier molecular flexibility index (Phi) is 9.34. The molecule has 40 heavy (non-hydrogen) atoms. The zero-order chi connectivity index (χ0) is 29.0. The van der Waals surface area contributed by atoms with Crippen LogP contribution in [0.1, 0.15) is 72.5 Å². The number of benzene rings is 1. The SMILES string of the molecule is Cc1cc(C(=O)Nc2cccc3c2O[C@@H](CN(C)C(=O)NC2CCCCC2)[C@@H](C)CN([C@H](C)CO)C3=O)n(C)n1. The number of anilines is 1. The van der Waals surface area contributed by atoms with Crippen molar-refractivity contribution in [3.63, 3.8) is 0 Å². The van der Waals surface area contributed by atoms with E-state index in [9.17, 15) is 19.5 Å². The first-order chi connectivity index (χ1) is 19.1. The van der Waals surface area contributed by atoms with Gasteiger partial charge in [-0.1, -0.05) is 32.3 Å². The number of nitrogens with zero attached hydrogens (tertiary/aromatic N) is 4. The van der Waals surface area contributed by atoms with Crippen molar-refractivity contribution in [2.45, 2.75) is 71.1 Å². The molecule has 0 saturated heterocycles. The Labute approximate surface area is 235 Å². The minimum absolute atomic E-state index is 0.158. The highest BCUT2D eigenvalue weighted by molar-refractivity contribution is 6.06. The summed E-state index contributed by atoms with van der Waals surface area (Å²) in [5.74, 6) is -0.617. The van der Waals surface area contributed by atoms with E-state index < -0.39 is 12.1 Å². The van der Waals surface area contributed by atoms with Gasteiger partial charge in [0.15, 0.2) is 5.75 Å². The van der Waals surface area contributed by atoms with Gasteiger partial charge in [0.05, 0.1) is 36.1 Å². The van der Waals surface area contributed by atoms with Gasteiger partial charge in [-0.05, 0) is 44.9 Å². The molecule has 11 heteroatoms. The van der Waals surface area contributed by atoms with Crippen LogP contribution < -0.4 is 15.4 Å². The molecule has 1 aliphatic carbocycles. The summed E-state index contributed by atoms with van der Waals surface area (Å²) in [6.07, 6.45) is 4.92. The Morgan fingerprint density at radius 2 is 1.98 bits per heavy atom. The number of aliphatic hydroxyl groups is 1. The third-order valence-corrected chi connectivity index (χ3v) is 7.91. The van der Waals surface area contributed by atoms with Gasteiger partial charge >= 0.3 is 6.03 Å². The number of hydrogen-bond acceptors (Lipinski definition) is 6. The van der Waals surface area contributed by atoms with E-state index in [1.54, 1.807) is 62.0 Å². The fourth-order valence-electron chi connectivity index (χ4n) is 5.45. The molecule has 0 unspecified atom stereocenters. The second-order valence-electron chi connectivity index (χ2n) is 11.2. The smallest absolute Gasteiger partial charge is 0.317 e. The Balaban J connectivity index is 1.63. The molecule has 4 rings (SSSR count). The molecule has 1 aliphatic heterocycles. The van der Waals surface area contributed by atoms with E-state index in [1.165, 1.54) is 11.1 Å². The van der Waals surface area contributed by atoms with Gasteiger partial charge < -0.3 is 30.3 Å². The number of hydrogen-bond donors (Lipinski definition) is 3. The van der Waals surface area contributed by atoms with Crippen molar-refractivity contribution in [1.29, 1.82) is 0 Å². The minimum Gasteiger partial charge on any atom is -0.485 e. The highest BCUT2D eigenvalue weighted by atomic mass is 16.5. The van der Waals surface area contributed by atoms with Crippen molar-refractivity contribution in [1.82, 2.24) is 24.9 Å². The Hall–Kier alpha value is -3.60. The summed E-state index contributed by atoms with van der Waals surface area (Å²) in [6.45, 7) is 5.99. The monoisotopic (exact) mass is 554 g/mol. The zero-order valence-corrected chi connectivity index (χ0v) is 24.1. The molecule has 1 saturated carbocycles. The van der Waals surface area contributed by atoms with Crippen LogP contribution in [0.5, 0.6) is 5.75 Å². The van der Waals surface area contributed by atoms with Gasteiger partial charge in [-0.25, -0.2) is 4.79 Å². The van der Waals surface area contributed by atoms with Crippen LogP contribution >= 0.6 is 0 Å². The highest BCUT2D eigenvalue weighted by Gasteiger charge is 2.35. The molecule has 2 aliphatic rings. The van der Waals surface area contributed by atoms with Crippen LogP contribution in [0.25, 0.3) is 0 Å². The van der Waals surface area contributed by atoms with E-state index in [4.69, 9.17) is 4.74 Å². The van der Waals surface area contributed by atoms with Crippen LogP contribution in [0.4, 0.5) is 10.5 Å². The van der Waals surface area contributed by atoms with Crippen molar-refractivity contribution in [2.24, 2.45) is 13.0 Å². The predicted octanol–water partition coefficient (Wildman–Crippen LogP) is 3.18. The van der Waals surface area contributed by atoms with Gasteiger partial charge in [0.2, 0.25) is 0 Å². The maximum atomic E-state index is 13.7. The number of fused-ring (bicyclic) bond motifs is 1. The molecule has 1 aromatic carbocycles. The largest absolute Gasteiger partial charge is 0.485 e. The molecule has 3 atom stereocenters. The summed E-state index contributed by atoms with van der Waals surface area (Å²) in [4.78, 5) is 43.2. The molecule has 0 radical (unpaired) electrons. The number of likely N-dealkylation sites (N-methyl/N-ethyl adjacent to an activating group) is 1. The highest BCUT2D eigenvalue weighted by Crippen LogP contribution is 2.35. The maximum Gasteiger partial charge on any atom is 0.317 e. The van der Waals surface area contributed by atoms with Gasteiger partial charge in [0.25, 0.3) is 11.8 Å². The number of ether oxygens (including phenoxy) is 1. The van der Waals surface area contributed by atoms with Crippen LogP contribution in [0.15, 0.2) is 24.3 Å². The molecular formula is C29H42N6O5. The van der Waals surface area contributed by atoms with E-state index >= 15 is 0 Å². The molecule has 2 heterocycles. The number of urea groups is 1. The first-order valence-corrected chi connectivity index (χ1v) is 14.1. The van der Waals surface area contributed by atoms with Crippen LogP contribution in [0, 0.1) is 12.8 Å². The molecule has 2 aromatic rings. The average Bonchev–Trinajstić information content (AvgIpc) is 3.28. The van der Waals surface area contributed by atoms with E-state index in [-0.39, 0.29) is 54.3 Å². The fraction of sp³-hybridized carbons (Fsp3) is 0.586. The topological polar surface area (TPSA) is 129 Å². The Bertz CT molecular complexity index is 1220. The maximum absolute atomic E-state index is 13.7. The lowest BCUT2D eigenvalue weighted by atomic mass is 9.96. The Morgan fingerprint density at radius 3 is 2.62 bits per heavy atom. The predicted molar refractivity (Wildman–Crippen MR) is 152 cm³/mol. The van der Waals surface area contributed by atoms with Crippen LogP contribution in [0.2, 0.25) is 0 Å². The van der Waals surface area contributed by atoms with Gasteiger partial charge in [-0.2, -0.15) is 5.10 Å². The number of nitrogens with one attached hydrogen (secondary N) is 2. The normalized spacial score (nSPS) is 20.6. The summed E-state index contributed by atoms with van der Waals surface area (Å²) >= 11 is 0. The van der Waals surface area contributed by atoms with E-state index in [2.05, 4.69) is 15.7 Å². The van der Waals surface area contributed by atoms with Gasteiger partial charge in [-0.15, -0.1) is 0 Å². The molecular weight excluding hydrogens is 512 g/mol. The number of aliphatic hydroxyl groups excluding tert-OH is 1. The van der Waals surface area contributed by atoms with Gasteiger partial charge in [0.1, 0.15) is 11.8 Å². The lowest BCUT2D eigenvalue weighted by Crippen LogP contribution is -2.52. The lowest BCUT2D eigenvalue weighted by Gasteiger charge is -2.38. The first kappa shape index (κ1) is 29.4. The summed E-state index contributed by atoms with van der Waals surface area (Å²) < 4.78 is 8.03. The average molecular weight is 555 g/mol. The lowest BCUT2D eigenvalue weighted by molar-refractivity contribution is 0.0367. The second-order valence-corrected chi connectivity index (χ2v) is 11.2. The van der Waals surface area contributed by atoms with Crippen LogP contribution in [0.3, 0.4) is 0 Å². The number of para-hydroxylation sites is 1. The number of rotatable bonds is 7. The van der Waals surface area contributed by atoms with Crippen molar-refractivity contribution in [3.05, 3.63) is 41.2 Å². The molecule has 4 amide bonds. The van der Waals surface area contributed by atoms with Crippen molar-refractivity contribution in [2.75, 3.05) is 32.1 Å². The first-order valence-electron chi connectivity index (χ1n) is 14.1. The second kappa shape index (κ2) is 12.7. The zero-order valence-electron chi connectivity index (χ0n) is 24.1. The number of aromatic nitrogens is 2. The van der Waals surface area contributed by atoms with Gasteiger partial charge in [-0.3, -0.25) is 14.3 Å². The van der Waals surface area contributed by atoms with Crippen molar-refractivity contribution < 1.29 is 24.2 Å². The van der Waals surface area contributed by atoms with Crippen LogP contribution in [-0.4, -0.2) is 87.5 Å². The summed E-state index contributed by atoms with van der Waals surface area (Å²) in [5, 5.41) is 20.2. The fourth-order valence-corrected chi connectivity index (χ4v) is 5.45. The number of amides is 4. The molecule has 1 aromatic heterocycles. The summed E-state index contributed by atoms with van der Waals surface area (Å²) in [6, 6.07) is 6.32. The summed E-state index contributed by atoms with van der Waals surface area (Å²) in [7, 11) is 3.43. The molecule has 0 bridgehead atoms.